The highest BCUT2D eigenvalue weighted by Gasteiger charge is 2.20. The van der Waals surface area contributed by atoms with Crippen LogP contribution in [0.3, 0.4) is 0 Å². The predicted molar refractivity (Wildman–Crippen MR) is 132 cm³/mol. The lowest BCUT2D eigenvalue weighted by Crippen LogP contribution is -2.27. The Balaban J connectivity index is 1.50. The molecule has 0 fully saturated rings. The molecule has 2 aromatic carbocycles. The van der Waals surface area contributed by atoms with Crippen LogP contribution < -0.4 is 15.4 Å². The van der Waals surface area contributed by atoms with Crippen molar-refractivity contribution >= 4 is 26.7 Å². The van der Waals surface area contributed by atoms with Gasteiger partial charge in [0.05, 0.1) is 23.2 Å². The van der Waals surface area contributed by atoms with Crippen molar-refractivity contribution in [2.45, 2.75) is 33.0 Å². The minimum absolute atomic E-state index is 0.0185. The van der Waals surface area contributed by atoms with Crippen molar-refractivity contribution in [3.05, 3.63) is 76.9 Å². The number of nitrogens with zero attached hydrogens (tertiary/aromatic N) is 4. The lowest BCUT2D eigenvalue weighted by Gasteiger charge is -2.21. The van der Waals surface area contributed by atoms with Crippen molar-refractivity contribution in [2.75, 3.05) is 17.6 Å². The van der Waals surface area contributed by atoms with Crippen molar-refractivity contribution in [1.29, 1.82) is 0 Å². The van der Waals surface area contributed by atoms with Crippen LogP contribution in [0.25, 0.3) is 16.9 Å². The fourth-order valence-corrected chi connectivity index (χ4v) is 4.71. The number of hydrogen-bond acceptors (Lipinski definition) is 7. The number of aromatic nitrogens is 4. The van der Waals surface area contributed by atoms with Gasteiger partial charge in [-0.05, 0) is 49.2 Å². The zero-order valence-electron chi connectivity index (χ0n) is 19.3. The predicted octanol–water partition coefficient (Wildman–Crippen LogP) is 2.65. The van der Waals surface area contributed by atoms with Crippen LogP contribution in [0.4, 0.5) is 10.2 Å². The number of benzene rings is 2. The first-order valence-corrected chi connectivity index (χ1v) is 13.1. The van der Waals surface area contributed by atoms with Crippen molar-refractivity contribution in [2.24, 2.45) is 0 Å². The van der Waals surface area contributed by atoms with Gasteiger partial charge in [-0.2, -0.15) is 14.8 Å². The van der Waals surface area contributed by atoms with Crippen LogP contribution >= 0.6 is 0 Å². The Hall–Kier alpha value is -3.41. The smallest absolute Gasteiger partial charge is 0.253 e. The third-order valence-electron chi connectivity index (χ3n) is 6.03. The van der Waals surface area contributed by atoms with Crippen LogP contribution in [0.1, 0.15) is 29.3 Å². The highest BCUT2D eigenvalue weighted by molar-refractivity contribution is 7.89. The van der Waals surface area contributed by atoms with Gasteiger partial charge in [0.2, 0.25) is 10.0 Å². The van der Waals surface area contributed by atoms with Crippen molar-refractivity contribution in [3.8, 4) is 5.95 Å². The van der Waals surface area contributed by atoms with Crippen molar-refractivity contribution < 1.29 is 12.8 Å². The summed E-state index contributed by atoms with van der Waals surface area (Å²) in [6, 6.07) is 12.1. The van der Waals surface area contributed by atoms with Crippen molar-refractivity contribution in [3.63, 3.8) is 0 Å². The Morgan fingerprint density at radius 3 is 2.83 bits per heavy atom. The largest absolute Gasteiger partial charge is 0.366 e. The van der Waals surface area contributed by atoms with E-state index < -0.39 is 10.0 Å². The van der Waals surface area contributed by atoms with Gasteiger partial charge in [-0.15, -0.1) is 0 Å². The maximum Gasteiger partial charge on any atom is 0.253 e. The molecule has 0 radical (unpaired) electrons. The Morgan fingerprint density at radius 2 is 2.00 bits per heavy atom. The van der Waals surface area contributed by atoms with E-state index in [0.717, 1.165) is 46.3 Å². The lowest BCUT2D eigenvalue weighted by molar-refractivity contribution is 0.583. The first-order valence-electron chi connectivity index (χ1n) is 11.5. The molecule has 35 heavy (non-hydrogen) atoms. The Labute approximate surface area is 202 Å². The van der Waals surface area contributed by atoms with Gasteiger partial charge in [0, 0.05) is 30.6 Å². The summed E-state index contributed by atoms with van der Waals surface area (Å²) in [5.74, 6) is 0.852. The molecule has 182 valence electrons. The van der Waals surface area contributed by atoms with Gasteiger partial charge in [-0.25, -0.2) is 22.5 Å². The van der Waals surface area contributed by atoms with Gasteiger partial charge in [0.1, 0.15) is 11.6 Å². The van der Waals surface area contributed by atoms with E-state index in [1.54, 1.807) is 23.9 Å². The molecule has 0 saturated heterocycles. The van der Waals surface area contributed by atoms with E-state index in [1.807, 2.05) is 24.3 Å². The van der Waals surface area contributed by atoms with Gasteiger partial charge in [0.15, 0.2) is 0 Å². The monoisotopic (exact) mass is 495 g/mol. The molecule has 5 rings (SSSR count). The molecule has 0 saturated carbocycles. The average Bonchev–Trinajstić information content (AvgIpc) is 3.31. The summed E-state index contributed by atoms with van der Waals surface area (Å²) in [5.41, 5.74) is 4.33. The van der Waals surface area contributed by atoms with E-state index in [4.69, 9.17) is 9.97 Å². The number of hydrogen-bond donors (Lipinski definition) is 3. The van der Waals surface area contributed by atoms with E-state index in [0.29, 0.717) is 24.9 Å². The van der Waals surface area contributed by atoms with E-state index in [1.165, 1.54) is 12.1 Å². The molecular formula is C24H26FN7O2S. The van der Waals surface area contributed by atoms with Gasteiger partial charge in [-0.3, -0.25) is 0 Å². The second kappa shape index (κ2) is 9.68. The molecule has 0 atom stereocenters. The SMILES string of the molecule is CCS(=O)(=O)NCc1cccc2c1cnn2-c1nc2c(c(NCc3cccc(F)c3)n1)CCNC2. The summed E-state index contributed by atoms with van der Waals surface area (Å²) in [6.07, 6.45) is 2.48. The normalized spacial score (nSPS) is 13.7. The molecule has 3 N–H and O–H groups in total. The number of halogens is 1. The minimum Gasteiger partial charge on any atom is -0.366 e. The standard InChI is InChI=1S/C24H26FN7O2S/c1-2-35(33,34)29-13-17-6-4-8-22-20(17)14-28-32(22)24-30-21-15-26-10-9-19(21)23(31-24)27-12-16-5-3-7-18(25)11-16/h3-8,11,14,26,29H,2,9-10,12-13,15H2,1H3,(H,27,30,31). The van der Waals surface area contributed by atoms with E-state index in [2.05, 4.69) is 20.5 Å². The number of sulfonamides is 1. The molecule has 1 aliphatic rings. The van der Waals surface area contributed by atoms with Crippen molar-refractivity contribution in [1.82, 2.24) is 29.8 Å². The Morgan fingerprint density at radius 1 is 1.14 bits per heavy atom. The van der Waals surface area contributed by atoms with Crippen LogP contribution in [-0.4, -0.2) is 40.5 Å². The lowest BCUT2D eigenvalue weighted by atomic mass is 10.1. The molecule has 0 bridgehead atoms. The van der Waals surface area contributed by atoms with Crippen LogP contribution in [0.5, 0.6) is 0 Å². The number of anilines is 1. The van der Waals surface area contributed by atoms with E-state index in [-0.39, 0.29) is 18.1 Å². The highest BCUT2D eigenvalue weighted by atomic mass is 32.2. The molecule has 11 heteroatoms. The molecular weight excluding hydrogens is 469 g/mol. The molecule has 0 spiro atoms. The quantitative estimate of drug-likeness (QED) is 0.344. The number of nitrogens with one attached hydrogen (secondary N) is 3. The fourth-order valence-electron chi connectivity index (χ4n) is 4.13. The van der Waals surface area contributed by atoms with Gasteiger partial charge >= 0.3 is 0 Å². The zero-order valence-corrected chi connectivity index (χ0v) is 20.1. The third kappa shape index (κ3) is 5.02. The molecule has 0 aliphatic carbocycles. The molecule has 1 aliphatic heterocycles. The summed E-state index contributed by atoms with van der Waals surface area (Å²) < 4.78 is 41.7. The van der Waals surface area contributed by atoms with Crippen LogP contribution in [0.2, 0.25) is 0 Å². The second-order valence-electron chi connectivity index (χ2n) is 8.34. The first kappa shape index (κ1) is 23.3. The van der Waals surface area contributed by atoms with Gasteiger partial charge in [-0.1, -0.05) is 24.3 Å². The minimum atomic E-state index is -3.32. The molecule has 0 unspecified atom stereocenters. The Bertz CT molecular complexity index is 1490. The third-order valence-corrected chi connectivity index (χ3v) is 7.37. The summed E-state index contributed by atoms with van der Waals surface area (Å²) in [7, 11) is -3.32. The number of fused-ring (bicyclic) bond motifs is 2. The zero-order chi connectivity index (χ0) is 24.4. The Kier molecular flexibility index (Phi) is 6.46. The van der Waals surface area contributed by atoms with Crippen LogP contribution in [0.15, 0.2) is 48.7 Å². The second-order valence-corrected chi connectivity index (χ2v) is 10.4. The van der Waals surface area contributed by atoms with E-state index >= 15 is 0 Å². The first-order chi connectivity index (χ1) is 16.9. The van der Waals surface area contributed by atoms with E-state index in [9.17, 15) is 12.8 Å². The highest BCUT2D eigenvalue weighted by Crippen LogP contribution is 2.25. The van der Waals surface area contributed by atoms with Crippen LogP contribution in [-0.2, 0) is 36.1 Å². The number of rotatable bonds is 8. The van der Waals surface area contributed by atoms with Gasteiger partial charge < -0.3 is 10.6 Å². The maximum absolute atomic E-state index is 13.6. The molecule has 4 aromatic rings. The molecule has 0 amide bonds. The average molecular weight is 496 g/mol. The van der Waals surface area contributed by atoms with Crippen LogP contribution in [0, 0.1) is 5.82 Å². The molecule has 9 nitrogen and oxygen atoms in total. The summed E-state index contributed by atoms with van der Waals surface area (Å²) in [5, 5.41) is 12.0. The topological polar surface area (TPSA) is 114 Å². The molecule has 3 heterocycles. The summed E-state index contributed by atoms with van der Waals surface area (Å²) in [4.78, 5) is 9.57. The summed E-state index contributed by atoms with van der Waals surface area (Å²) in [6.45, 7) is 3.64. The molecule has 2 aromatic heterocycles. The fraction of sp³-hybridized carbons (Fsp3) is 0.292. The summed E-state index contributed by atoms with van der Waals surface area (Å²) >= 11 is 0. The van der Waals surface area contributed by atoms with Gasteiger partial charge in [0.25, 0.3) is 5.95 Å². The maximum atomic E-state index is 13.6.